The van der Waals surface area contributed by atoms with E-state index in [0.717, 1.165) is 6.42 Å². The highest BCUT2D eigenvalue weighted by Crippen LogP contribution is 2.25. The Morgan fingerprint density at radius 1 is 1.15 bits per heavy atom. The number of ketones is 1. The van der Waals surface area contributed by atoms with E-state index in [4.69, 9.17) is 9.47 Å². The zero-order chi connectivity index (χ0) is 15.0. The van der Waals surface area contributed by atoms with Gasteiger partial charge in [-0.25, -0.2) is 0 Å². The molecule has 0 bridgehead atoms. The highest BCUT2D eigenvalue weighted by molar-refractivity contribution is 5.86. The Hall–Kier alpha value is -1.84. The van der Waals surface area contributed by atoms with E-state index in [2.05, 4.69) is 0 Å². The molecule has 110 valence electrons. The van der Waals surface area contributed by atoms with E-state index in [1.54, 1.807) is 31.4 Å². The van der Waals surface area contributed by atoms with Crippen LogP contribution in [0.5, 0.6) is 5.75 Å². The minimum Gasteiger partial charge on any atom is -0.497 e. The topological polar surface area (TPSA) is 52.6 Å². The summed E-state index contributed by atoms with van der Waals surface area (Å²) in [5.41, 5.74) is 0.659. The van der Waals surface area contributed by atoms with Crippen molar-refractivity contribution in [1.82, 2.24) is 0 Å². The number of hydrogen-bond acceptors (Lipinski definition) is 4. The van der Waals surface area contributed by atoms with E-state index in [9.17, 15) is 9.59 Å². The van der Waals surface area contributed by atoms with E-state index in [1.165, 1.54) is 0 Å². The molecule has 0 spiro atoms. The van der Waals surface area contributed by atoms with Crippen LogP contribution in [0.15, 0.2) is 24.3 Å². The molecule has 0 amide bonds. The maximum Gasteiger partial charge on any atom is 0.306 e. The van der Waals surface area contributed by atoms with E-state index >= 15 is 0 Å². The van der Waals surface area contributed by atoms with Gasteiger partial charge in [-0.15, -0.1) is 0 Å². The summed E-state index contributed by atoms with van der Waals surface area (Å²) in [5.74, 6) is 0.221. The third kappa shape index (κ3) is 4.68. The summed E-state index contributed by atoms with van der Waals surface area (Å²) in [6.45, 7) is 3.82. The molecule has 0 aromatic heterocycles. The van der Waals surface area contributed by atoms with Gasteiger partial charge in [0.05, 0.1) is 7.11 Å². The molecule has 1 unspecified atom stereocenters. The predicted molar refractivity (Wildman–Crippen MR) is 76.7 cm³/mol. The van der Waals surface area contributed by atoms with Crippen LogP contribution in [0.25, 0.3) is 0 Å². The van der Waals surface area contributed by atoms with Crippen molar-refractivity contribution in [3.8, 4) is 5.75 Å². The standard InChI is InChI=1S/C16H22O4/c1-4-7-14(17)16(20-15(18)8-5-2)12-9-6-10-13(11-12)19-3/h6,9-11,16H,4-5,7-8H2,1-3H3. The second-order valence-corrected chi connectivity index (χ2v) is 4.61. The summed E-state index contributed by atoms with van der Waals surface area (Å²) in [6, 6.07) is 7.09. The molecule has 0 heterocycles. The fourth-order valence-corrected chi connectivity index (χ4v) is 1.90. The molecule has 0 saturated heterocycles. The van der Waals surface area contributed by atoms with Gasteiger partial charge in [0, 0.05) is 18.4 Å². The van der Waals surface area contributed by atoms with Crippen molar-refractivity contribution < 1.29 is 19.1 Å². The van der Waals surface area contributed by atoms with Crippen molar-refractivity contribution in [2.75, 3.05) is 7.11 Å². The molecule has 0 radical (unpaired) electrons. The van der Waals surface area contributed by atoms with E-state index < -0.39 is 6.10 Å². The number of hydrogen-bond donors (Lipinski definition) is 0. The van der Waals surface area contributed by atoms with Gasteiger partial charge in [0.25, 0.3) is 0 Å². The smallest absolute Gasteiger partial charge is 0.306 e. The highest BCUT2D eigenvalue weighted by atomic mass is 16.5. The van der Waals surface area contributed by atoms with Gasteiger partial charge in [-0.2, -0.15) is 0 Å². The second-order valence-electron chi connectivity index (χ2n) is 4.61. The van der Waals surface area contributed by atoms with Crippen LogP contribution >= 0.6 is 0 Å². The first-order valence-corrected chi connectivity index (χ1v) is 6.98. The van der Waals surface area contributed by atoms with Crippen LogP contribution < -0.4 is 4.74 Å². The molecule has 0 aliphatic rings. The molecule has 4 heteroatoms. The number of carbonyl (C=O) groups is 2. The average Bonchev–Trinajstić information content (AvgIpc) is 2.45. The summed E-state index contributed by atoms with van der Waals surface area (Å²) < 4.78 is 10.5. The fourth-order valence-electron chi connectivity index (χ4n) is 1.90. The zero-order valence-corrected chi connectivity index (χ0v) is 12.3. The van der Waals surface area contributed by atoms with Gasteiger partial charge >= 0.3 is 5.97 Å². The van der Waals surface area contributed by atoms with Gasteiger partial charge < -0.3 is 9.47 Å². The maximum absolute atomic E-state index is 12.2. The van der Waals surface area contributed by atoms with E-state index in [-0.39, 0.29) is 11.8 Å². The Kier molecular flexibility index (Phi) is 6.77. The van der Waals surface area contributed by atoms with E-state index in [0.29, 0.717) is 30.6 Å². The quantitative estimate of drug-likeness (QED) is 0.683. The summed E-state index contributed by atoms with van der Waals surface area (Å²) >= 11 is 0. The molecule has 20 heavy (non-hydrogen) atoms. The summed E-state index contributed by atoms with van der Waals surface area (Å²) in [7, 11) is 1.56. The molecule has 1 rings (SSSR count). The number of rotatable bonds is 8. The van der Waals surface area contributed by atoms with Crippen molar-refractivity contribution in [2.24, 2.45) is 0 Å². The number of carbonyl (C=O) groups excluding carboxylic acids is 2. The number of benzene rings is 1. The highest BCUT2D eigenvalue weighted by Gasteiger charge is 2.24. The molecule has 0 aliphatic carbocycles. The van der Waals surface area contributed by atoms with Crippen LogP contribution in [0.1, 0.15) is 51.2 Å². The third-order valence-corrected chi connectivity index (χ3v) is 2.89. The SMILES string of the molecule is CCCC(=O)OC(C(=O)CCC)c1cccc(OC)c1. The molecule has 0 N–H and O–H groups in total. The normalized spacial score (nSPS) is 11.8. The van der Waals surface area contributed by atoms with Gasteiger partial charge in [-0.1, -0.05) is 26.0 Å². The van der Waals surface area contributed by atoms with Crippen molar-refractivity contribution in [2.45, 2.75) is 45.6 Å². The largest absolute Gasteiger partial charge is 0.497 e. The first-order valence-electron chi connectivity index (χ1n) is 6.98. The van der Waals surface area contributed by atoms with E-state index in [1.807, 2.05) is 13.8 Å². The molecule has 1 atom stereocenters. The lowest BCUT2D eigenvalue weighted by Crippen LogP contribution is -2.19. The fraction of sp³-hybridized carbons (Fsp3) is 0.500. The predicted octanol–water partition coefficient (Wildman–Crippen LogP) is 3.45. The van der Waals surface area contributed by atoms with Crippen LogP contribution in [-0.4, -0.2) is 18.9 Å². The lowest BCUT2D eigenvalue weighted by molar-refractivity contribution is -0.155. The minimum atomic E-state index is -0.830. The van der Waals surface area contributed by atoms with Crippen LogP contribution in [0.4, 0.5) is 0 Å². The van der Waals surface area contributed by atoms with Crippen molar-refractivity contribution in [3.63, 3.8) is 0 Å². The molecular formula is C16H22O4. The Morgan fingerprint density at radius 3 is 2.45 bits per heavy atom. The lowest BCUT2D eigenvalue weighted by Gasteiger charge is -2.17. The molecule has 1 aromatic carbocycles. The molecule has 0 saturated carbocycles. The maximum atomic E-state index is 12.2. The molecule has 1 aromatic rings. The monoisotopic (exact) mass is 278 g/mol. The van der Waals surface area contributed by atoms with Crippen LogP contribution in [-0.2, 0) is 14.3 Å². The number of methoxy groups -OCH3 is 1. The molecule has 4 nitrogen and oxygen atoms in total. The van der Waals surface area contributed by atoms with Gasteiger partial charge in [-0.05, 0) is 25.0 Å². The summed E-state index contributed by atoms with van der Waals surface area (Å²) in [4.78, 5) is 23.8. The summed E-state index contributed by atoms with van der Waals surface area (Å²) in [6.07, 6.45) is 1.31. The third-order valence-electron chi connectivity index (χ3n) is 2.89. The molecule has 0 aliphatic heterocycles. The number of ether oxygens (including phenoxy) is 2. The van der Waals surface area contributed by atoms with Crippen LogP contribution in [0.3, 0.4) is 0 Å². The Morgan fingerprint density at radius 2 is 1.85 bits per heavy atom. The zero-order valence-electron chi connectivity index (χ0n) is 12.3. The average molecular weight is 278 g/mol. The molecule has 0 fully saturated rings. The van der Waals surface area contributed by atoms with Crippen molar-refractivity contribution >= 4 is 11.8 Å². The number of Topliss-reactive ketones (excluding diaryl/α,β-unsaturated/α-hetero) is 1. The second kappa shape index (κ2) is 8.35. The van der Waals surface area contributed by atoms with Gasteiger partial charge in [-0.3, -0.25) is 9.59 Å². The van der Waals surface area contributed by atoms with Gasteiger partial charge in [0.1, 0.15) is 5.75 Å². The van der Waals surface area contributed by atoms with Crippen LogP contribution in [0, 0.1) is 0 Å². The van der Waals surface area contributed by atoms with Crippen molar-refractivity contribution in [3.05, 3.63) is 29.8 Å². The Labute approximate surface area is 120 Å². The Balaban J connectivity index is 2.96. The Bertz CT molecular complexity index is 454. The van der Waals surface area contributed by atoms with Gasteiger partial charge in [0.15, 0.2) is 11.9 Å². The minimum absolute atomic E-state index is 0.0785. The lowest BCUT2D eigenvalue weighted by atomic mass is 10.0. The first-order chi connectivity index (χ1) is 9.62. The van der Waals surface area contributed by atoms with Gasteiger partial charge in [0.2, 0.25) is 0 Å². The first kappa shape index (κ1) is 16.2. The summed E-state index contributed by atoms with van der Waals surface area (Å²) in [5, 5.41) is 0. The molecular weight excluding hydrogens is 256 g/mol. The van der Waals surface area contributed by atoms with Crippen molar-refractivity contribution in [1.29, 1.82) is 0 Å². The van der Waals surface area contributed by atoms with Crippen LogP contribution in [0.2, 0.25) is 0 Å². The number of esters is 1.